The minimum Gasteiger partial charge on any atom is -0.307 e. The highest BCUT2D eigenvalue weighted by Gasteiger charge is 2.34. The topological polar surface area (TPSA) is 55.2 Å². The number of aryl methyl sites for hydroxylation is 1. The molecule has 22 heavy (non-hydrogen) atoms. The van der Waals surface area contributed by atoms with E-state index < -0.39 is 6.04 Å². The summed E-state index contributed by atoms with van der Waals surface area (Å²) >= 11 is 0. The Morgan fingerprint density at radius 2 is 2.00 bits per heavy atom. The third kappa shape index (κ3) is 2.32. The Labute approximate surface area is 129 Å². The third-order valence-corrected chi connectivity index (χ3v) is 4.13. The molecule has 1 amide bonds. The van der Waals surface area contributed by atoms with Crippen LogP contribution in [0.1, 0.15) is 31.1 Å². The Morgan fingerprint density at radius 3 is 2.77 bits per heavy atom. The fourth-order valence-corrected chi connectivity index (χ4v) is 3.01. The predicted molar refractivity (Wildman–Crippen MR) is 85.0 cm³/mol. The Kier molecular flexibility index (Phi) is 3.56. The number of rotatable bonds is 2. The van der Waals surface area contributed by atoms with Gasteiger partial charge in [-0.25, -0.2) is 4.68 Å². The Bertz CT molecular complexity index is 781. The van der Waals surface area contributed by atoms with Crippen LogP contribution in [0.5, 0.6) is 0 Å². The lowest BCUT2D eigenvalue weighted by molar-refractivity contribution is -0.122. The number of hydrogen-bond donors (Lipinski definition) is 0. The lowest BCUT2D eigenvalue weighted by Gasteiger charge is -2.26. The molecule has 2 aromatic rings. The van der Waals surface area contributed by atoms with Gasteiger partial charge in [-0.05, 0) is 44.9 Å². The fraction of sp³-hybridized carbons (Fsp3) is 0.353. The largest absolute Gasteiger partial charge is 0.307 e. The fourth-order valence-electron chi connectivity index (χ4n) is 3.01. The number of benzene rings is 1. The van der Waals surface area contributed by atoms with Crippen molar-refractivity contribution in [3.8, 4) is 0 Å². The van der Waals surface area contributed by atoms with Crippen molar-refractivity contribution >= 4 is 11.6 Å². The first-order chi connectivity index (χ1) is 10.5. The van der Waals surface area contributed by atoms with Crippen molar-refractivity contribution in [1.82, 2.24) is 9.78 Å². The van der Waals surface area contributed by atoms with E-state index in [1.165, 1.54) is 16.3 Å². The van der Waals surface area contributed by atoms with E-state index in [0.717, 1.165) is 12.1 Å². The summed E-state index contributed by atoms with van der Waals surface area (Å²) in [6.07, 6.45) is 0.838. The number of hydrogen-bond acceptors (Lipinski definition) is 3. The molecule has 3 rings (SSSR count). The molecular formula is C17H19N3O2. The summed E-state index contributed by atoms with van der Waals surface area (Å²) in [5.74, 6) is -0.0994. The number of amides is 1. The van der Waals surface area contributed by atoms with Gasteiger partial charge in [0.05, 0.1) is 5.69 Å². The molecule has 0 unspecified atom stereocenters. The molecule has 0 aliphatic carbocycles. The number of para-hydroxylation sites is 1. The van der Waals surface area contributed by atoms with Crippen molar-refractivity contribution in [1.29, 1.82) is 0 Å². The molecular weight excluding hydrogens is 278 g/mol. The quantitative estimate of drug-likeness (QED) is 0.853. The summed E-state index contributed by atoms with van der Waals surface area (Å²) in [5, 5.41) is 4.20. The number of nitrogens with zero attached hydrogens (tertiary/aromatic N) is 3. The van der Waals surface area contributed by atoms with Crippen molar-refractivity contribution in [3.63, 3.8) is 0 Å². The molecule has 114 valence electrons. The molecule has 1 aliphatic heterocycles. The number of fused-ring (bicyclic) bond motifs is 1. The van der Waals surface area contributed by atoms with Crippen LogP contribution in [0.15, 0.2) is 41.2 Å². The molecule has 0 saturated carbocycles. The molecule has 5 nitrogen and oxygen atoms in total. The average Bonchev–Trinajstić information content (AvgIpc) is 2.84. The van der Waals surface area contributed by atoms with E-state index in [1.54, 1.807) is 24.8 Å². The number of carbonyl (C=O) groups is 1. The van der Waals surface area contributed by atoms with Crippen LogP contribution in [0.25, 0.3) is 0 Å². The lowest BCUT2D eigenvalue weighted by atomic mass is 10.1. The van der Waals surface area contributed by atoms with Gasteiger partial charge in [-0.1, -0.05) is 18.2 Å². The molecule has 0 spiro atoms. The first-order valence-corrected chi connectivity index (χ1v) is 7.46. The molecule has 0 saturated heterocycles. The zero-order valence-electron chi connectivity index (χ0n) is 13.0. The maximum atomic E-state index is 12.9. The van der Waals surface area contributed by atoms with Crippen LogP contribution in [0, 0.1) is 6.92 Å². The molecule has 0 radical (unpaired) electrons. The zero-order chi connectivity index (χ0) is 15.9. The van der Waals surface area contributed by atoms with Gasteiger partial charge in [0.2, 0.25) is 0 Å². The highest BCUT2D eigenvalue weighted by atomic mass is 16.2. The van der Waals surface area contributed by atoms with Crippen molar-refractivity contribution in [2.24, 2.45) is 0 Å². The third-order valence-electron chi connectivity index (χ3n) is 4.13. The number of aromatic nitrogens is 2. The van der Waals surface area contributed by atoms with Crippen LogP contribution in [-0.2, 0) is 11.2 Å². The highest BCUT2D eigenvalue weighted by molar-refractivity contribution is 5.98. The SMILES string of the molecule is Cc1ccc(=O)n([C@H](C)C(=O)N2c3ccccc3C[C@H]2C)n1. The van der Waals surface area contributed by atoms with Gasteiger partial charge in [-0.15, -0.1) is 0 Å². The first-order valence-electron chi connectivity index (χ1n) is 7.46. The van der Waals surface area contributed by atoms with E-state index in [0.29, 0.717) is 5.69 Å². The van der Waals surface area contributed by atoms with Crippen molar-refractivity contribution in [3.05, 3.63) is 58.0 Å². The van der Waals surface area contributed by atoms with E-state index in [9.17, 15) is 9.59 Å². The molecule has 2 heterocycles. The molecule has 5 heteroatoms. The second-order valence-electron chi connectivity index (χ2n) is 5.82. The van der Waals surface area contributed by atoms with Crippen LogP contribution in [0.2, 0.25) is 0 Å². The standard InChI is InChI=1S/C17H19N3O2/c1-11-8-9-16(21)20(18-11)13(3)17(22)19-12(2)10-14-6-4-5-7-15(14)19/h4-9,12-13H,10H2,1-3H3/t12-,13-/m1/s1. The molecule has 0 N–H and O–H groups in total. The van der Waals surface area contributed by atoms with Crippen molar-refractivity contribution in [2.45, 2.75) is 39.3 Å². The van der Waals surface area contributed by atoms with Gasteiger partial charge < -0.3 is 4.90 Å². The maximum Gasteiger partial charge on any atom is 0.267 e. The molecule has 1 aliphatic rings. The van der Waals surface area contributed by atoms with Gasteiger partial charge >= 0.3 is 0 Å². The van der Waals surface area contributed by atoms with Gasteiger partial charge in [0.25, 0.3) is 11.5 Å². The number of anilines is 1. The normalized spacial score (nSPS) is 18.1. The van der Waals surface area contributed by atoms with E-state index in [-0.39, 0.29) is 17.5 Å². The van der Waals surface area contributed by atoms with E-state index in [1.807, 2.05) is 31.2 Å². The zero-order valence-corrected chi connectivity index (χ0v) is 13.0. The van der Waals surface area contributed by atoms with E-state index in [4.69, 9.17) is 0 Å². The molecule has 1 aromatic carbocycles. The van der Waals surface area contributed by atoms with Gasteiger partial charge in [0.1, 0.15) is 6.04 Å². The van der Waals surface area contributed by atoms with Gasteiger partial charge in [-0.3, -0.25) is 9.59 Å². The first kappa shape index (κ1) is 14.5. The smallest absolute Gasteiger partial charge is 0.267 e. The second kappa shape index (κ2) is 5.40. The predicted octanol–water partition coefficient (Wildman–Crippen LogP) is 2.09. The van der Waals surface area contributed by atoms with Gasteiger partial charge in [0, 0.05) is 17.8 Å². The van der Waals surface area contributed by atoms with Gasteiger partial charge in [0.15, 0.2) is 0 Å². The molecule has 2 atom stereocenters. The molecule has 0 bridgehead atoms. The minimum absolute atomic E-state index is 0.0906. The summed E-state index contributed by atoms with van der Waals surface area (Å²) < 4.78 is 1.27. The van der Waals surface area contributed by atoms with Crippen LogP contribution in [0.4, 0.5) is 5.69 Å². The summed E-state index contributed by atoms with van der Waals surface area (Å²) in [4.78, 5) is 26.7. The molecule has 1 aromatic heterocycles. The van der Waals surface area contributed by atoms with E-state index in [2.05, 4.69) is 5.10 Å². The Balaban J connectivity index is 1.97. The lowest BCUT2D eigenvalue weighted by Crippen LogP contribution is -2.43. The van der Waals surface area contributed by atoms with Crippen LogP contribution >= 0.6 is 0 Å². The minimum atomic E-state index is -0.624. The van der Waals surface area contributed by atoms with Gasteiger partial charge in [-0.2, -0.15) is 5.10 Å². The average molecular weight is 297 g/mol. The summed E-state index contributed by atoms with van der Waals surface area (Å²) in [5.41, 5.74) is 2.56. The Morgan fingerprint density at radius 1 is 1.27 bits per heavy atom. The van der Waals surface area contributed by atoms with Crippen molar-refractivity contribution in [2.75, 3.05) is 4.90 Å². The summed E-state index contributed by atoms with van der Waals surface area (Å²) in [7, 11) is 0. The summed E-state index contributed by atoms with van der Waals surface area (Å²) in [6, 6.07) is 10.5. The van der Waals surface area contributed by atoms with Crippen LogP contribution < -0.4 is 10.5 Å². The monoisotopic (exact) mass is 297 g/mol. The van der Waals surface area contributed by atoms with Crippen LogP contribution in [-0.4, -0.2) is 21.7 Å². The number of carbonyl (C=O) groups excluding carboxylic acids is 1. The summed E-state index contributed by atoms with van der Waals surface area (Å²) in [6.45, 7) is 5.56. The van der Waals surface area contributed by atoms with Crippen LogP contribution in [0.3, 0.4) is 0 Å². The molecule has 0 fully saturated rings. The maximum absolute atomic E-state index is 12.9. The van der Waals surface area contributed by atoms with E-state index >= 15 is 0 Å². The van der Waals surface area contributed by atoms with Crippen molar-refractivity contribution < 1.29 is 4.79 Å². The second-order valence-corrected chi connectivity index (χ2v) is 5.82. The Hall–Kier alpha value is -2.43. The highest BCUT2D eigenvalue weighted by Crippen LogP contribution is 2.33.